The first-order valence-corrected chi connectivity index (χ1v) is 10.3. The summed E-state index contributed by atoms with van der Waals surface area (Å²) in [4.78, 5) is 40.4. The molecule has 33 heavy (non-hydrogen) atoms. The lowest BCUT2D eigenvalue weighted by atomic mass is 10.0. The maximum absolute atomic E-state index is 13.7. The highest BCUT2D eigenvalue weighted by Gasteiger charge is 2.32. The predicted octanol–water partition coefficient (Wildman–Crippen LogP) is 1.83. The summed E-state index contributed by atoms with van der Waals surface area (Å²) >= 11 is 0. The number of para-hydroxylation sites is 1. The molecular weight excluding hydrogens is 418 g/mol. The number of amidine groups is 1. The molecule has 0 bridgehead atoms. The number of carbonyl (C=O) groups is 3. The maximum atomic E-state index is 13.7. The molecule has 3 aromatic rings. The summed E-state index contributed by atoms with van der Waals surface area (Å²) in [6, 6.07) is 22.8. The zero-order valence-corrected chi connectivity index (χ0v) is 17.9. The number of hydrogen-bond acceptors (Lipinski definition) is 5. The fourth-order valence-electron chi connectivity index (χ4n) is 3.33. The standard InChI is InChI=1S/C25H25N5O3/c26-16-22(31)29-21(14-17-8-3-1-4-9-17)25(33)30(20-12-5-2-6-13-20)24(32)19-11-7-10-18(15-19)23(27)28/h1-13,15,21H,14,16,26H2,(H3,27,28)(H,29,31)/t21-/m1/s1. The molecule has 0 fully saturated rings. The molecule has 8 heteroatoms. The number of imide groups is 1. The van der Waals surface area contributed by atoms with Gasteiger partial charge in [0.2, 0.25) is 5.91 Å². The summed E-state index contributed by atoms with van der Waals surface area (Å²) in [6.07, 6.45) is 0.176. The van der Waals surface area contributed by atoms with Crippen molar-refractivity contribution in [2.24, 2.45) is 11.5 Å². The topological polar surface area (TPSA) is 142 Å². The molecule has 6 N–H and O–H groups in total. The summed E-state index contributed by atoms with van der Waals surface area (Å²) in [5, 5.41) is 10.3. The molecule has 0 saturated heterocycles. The van der Waals surface area contributed by atoms with Crippen LogP contribution in [-0.4, -0.2) is 36.1 Å². The second-order valence-electron chi connectivity index (χ2n) is 7.32. The minimum absolute atomic E-state index is 0.176. The third-order valence-corrected chi connectivity index (χ3v) is 4.96. The zero-order valence-electron chi connectivity index (χ0n) is 17.9. The first-order chi connectivity index (χ1) is 15.9. The van der Waals surface area contributed by atoms with Crippen LogP contribution in [0.4, 0.5) is 5.69 Å². The molecule has 8 nitrogen and oxygen atoms in total. The molecule has 0 aliphatic carbocycles. The van der Waals surface area contributed by atoms with E-state index in [2.05, 4.69) is 5.32 Å². The average Bonchev–Trinajstić information content (AvgIpc) is 2.85. The Hall–Kier alpha value is -4.30. The minimum Gasteiger partial charge on any atom is -0.384 e. The third-order valence-electron chi connectivity index (χ3n) is 4.96. The smallest absolute Gasteiger partial charge is 0.265 e. The molecule has 0 aliphatic rings. The van der Waals surface area contributed by atoms with Gasteiger partial charge in [-0.05, 0) is 29.8 Å². The minimum atomic E-state index is -1.02. The van der Waals surface area contributed by atoms with E-state index in [4.69, 9.17) is 16.9 Å². The highest BCUT2D eigenvalue weighted by atomic mass is 16.2. The second kappa shape index (κ2) is 10.8. The quantitative estimate of drug-likeness (QED) is 0.310. The molecule has 3 rings (SSSR count). The number of hydrogen-bond donors (Lipinski definition) is 4. The van der Waals surface area contributed by atoms with Gasteiger partial charge < -0.3 is 16.8 Å². The lowest BCUT2D eigenvalue weighted by Gasteiger charge is -2.27. The van der Waals surface area contributed by atoms with Crippen LogP contribution in [0.5, 0.6) is 0 Å². The second-order valence-corrected chi connectivity index (χ2v) is 7.32. The Balaban J connectivity index is 2.03. The molecule has 1 atom stereocenters. The van der Waals surface area contributed by atoms with Gasteiger partial charge in [0.15, 0.2) is 0 Å². The maximum Gasteiger partial charge on any atom is 0.265 e. The van der Waals surface area contributed by atoms with E-state index in [0.29, 0.717) is 11.3 Å². The van der Waals surface area contributed by atoms with Crippen molar-refractivity contribution < 1.29 is 14.4 Å². The average molecular weight is 444 g/mol. The first-order valence-electron chi connectivity index (χ1n) is 10.3. The molecule has 3 amide bonds. The number of amides is 3. The van der Waals surface area contributed by atoms with Gasteiger partial charge in [0.05, 0.1) is 12.2 Å². The fourth-order valence-corrected chi connectivity index (χ4v) is 3.33. The van der Waals surface area contributed by atoms with Gasteiger partial charge in [-0.3, -0.25) is 19.8 Å². The normalized spacial score (nSPS) is 11.3. The molecule has 0 heterocycles. The number of nitrogens with two attached hydrogens (primary N) is 2. The van der Waals surface area contributed by atoms with Crippen LogP contribution in [0.3, 0.4) is 0 Å². The molecule has 0 aromatic heterocycles. The number of rotatable bonds is 8. The summed E-state index contributed by atoms with van der Waals surface area (Å²) in [5.41, 5.74) is 12.7. The fraction of sp³-hybridized carbons (Fsp3) is 0.120. The molecule has 3 aromatic carbocycles. The van der Waals surface area contributed by atoms with Gasteiger partial charge in [-0.2, -0.15) is 0 Å². The Labute approximate surface area is 191 Å². The van der Waals surface area contributed by atoms with E-state index >= 15 is 0 Å². The highest BCUT2D eigenvalue weighted by molar-refractivity contribution is 6.23. The van der Waals surface area contributed by atoms with Crippen LogP contribution >= 0.6 is 0 Å². The Morgan fingerprint density at radius 2 is 1.48 bits per heavy atom. The van der Waals surface area contributed by atoms with Crippen molar-refractivity contribution in [1.29, 1.82) is 5.41 Å². The van der Waals surface area contributed by atoms with Crippen LogP contribution in [0.15, 0.2) is 84.9 Å². The predicted molar refractivity (Wildman–Crippen MR) is 127 cm³/mol. The first kappa shape index (κ1) is 23.4. The Kier molecular flexibility index (Phi) is 7.67. The molecule has 0 unspecified atom stereocenters. The lowest BCUT2D eigenvalue weighted by Crippen LogP contribution is -2.53. The summed E-state index contributed by atoms with van der Waals surface area (Å²) < 4.78 is 0. The lowest BCUT2D eigenvalue weighted by molar-refractivity contribution is -0.126. The monoisotopic (exact) mass is 443 g/mol. The molecule has 0 aliphatic heterocycles. The van der Waals surface area contributed by atoms with Crippen LogP contribution in [0.25, 0.3) is 0 Å². The van der Waals surface area contributed by atoms with Crippen molar-refractivity contribution in [2.75, 3.05) is 11.4 Å². The number of nitrogens with zero attached hydrogens (tertiary/aromatic N) is 1. The zero-order chi connectivity index (χ0) is 23.8. The van der Waals surface area contributed by atoms with Gasteiger partial charge in [-0.15, -0.1) is 0 Å². The molecule has 0 saturated carbocycles. The Bertz CT molecular complexity index is 1150. The van der Waals surface area contributed by atoms with Gasteiger partial charge in [0, 0.05) is 17.5 Å². The number of benzene rings is 3. The van der Waals surface area contributed by atoms with Crippen LogP contribution in [-0.2, 0) is 16.0 Å². The van der Waals surface area contributed by atoms with E-state index in [-0.39, 0.29) is 24.4 Å². The largest absolute Gasteiger partial charge is 0.384 e. The van der Waals surface area contributed by atoms with Crippen molar-refractivity contribution in [2.45, 2.75) is 12.5 Å². The molecule has 0 radical (unpaired) electrons. The van der Waals surface area contributed by atoms with E-state index < -0.39 is 23.8 Å². The van der Waals surface area contributed by atoms with Crippen molar-refractivity contribution in [3.8, 4) is 0 Å². The van der Waals surface area contributed by atoms with Gasteiger partial charge in [0.25, 0.3) is 11.8 Å². The molecule has 0 spiro atoms. The summed E-state index contributed by atoms with van der Waals surface area (Å²) in [6.45, 7) is -0.293. The number of carbonyl (C=O) groups excluding carboxylic acids is 3. The van der Waals surface area contributed by atoms with E-state index in [9.17, 15) is 14.4 Å². The van der Waals surface area contributed by atoms with Gasteiger partial charge in [-0.25, -0.2) is 4.90 Å². The van der Waals surface area contributed by atoms with Crippen molar-refractivity contribution in [1.82, 2.24) is 5.32 Å². The van der Waals surface area contributed by atoms with Gasteiger partial charge in [-0.1, -0.05) is 60.7 Å². The van der Waals surface area contributed by atoms with E-state index in [0.717, 1.165) is 10.5 Å². The summed E-state index contributed by atoms with van der Waals surface area (Å²) in [7, 11) is 0. The SMILES string of the molecule is N=C(N)c1cccc(C(=O)N(C(=O)[C@@H](Cc2ccccc2)NC(=O)CN)c2ccccc2)c1. The van der Waals surface area contributed by atoms with Crippen LogP contribution < -0.4 is 21.7 Å². The van der Waals surface area contributed by atoms with Crippen LogP contribution in [0.1, 0.15) is 21.5 Å². The van der Waals surface area contributed by atoms with Crippen molar-refractivity contribution >= 4 is 29.2 Å². The number of nitrogens with one attached hydrogen (secondary N) is 2. The van der Waals surface area contributed by atoms with E-state index in [1.54, 1.807) is 48.5 Å². The summed E-state index contributed by atoms with van der Waals surface area (Å²) in [5.74, 6) is -1.91. The highest BCUT2D eigenvalue weighted by Crippen LogP contribution is 2.20. The van der Waals surface area contributed by atoms with Crippen molar-refractivity contribution in [3.05, 3.63) is 102 Å². The Morgan fingerprint density at radius 1 is 0.879 bits per heavy atom. The van der Waals surface area contributed by atoms with E-state index in [1.165, 1.54) is 6.07 Å². The molecular formula is C25H25N5O3. The van der Waals surface area contributed by atoms with E-state index in [1.807, 2.05) is 30.3 Å². The Morgan fingerprint density at radius 3 is 2.09 bits per heavy atom. The van der Waals surface area contributed by atoms with Crippen LogP contribution in [0, 0.1) is 5.41 Å². The van der Waals surface area contributed by atoms with Gasteiger partial charge in [0.1, 0.15) is 11.9 Å². The van der Waals surface area contributed by atoms with Crippen LogP contribution in [0.2, 0.25) is 0 Å². The van der Waals surface area contributed by atoms with Crippen molar-refractivity contribution in [3.63, 3.8) is 0 Å². The number of anilines is 1. The third kappa shape index (κ3) is 5.90. The molecule has 168 valence electrons. The number of nitrogen functional groups attached to an aromatic ring is 1. The van der Waals surface area contributed by atoms with Gasteiger partial charge >= 0.3 is 0 Å².